The molecule has 1 aromatic carbocycles. The van der Waals surface area contributed by atoms with Crippen molar-refractivity contribution in [2.75, 3.05) is 5.32 Å². The van der Waals surface area contributed by atoms with Gasteiger partial charge in [0.15, 0.2) is 0 Å². The lowest BCUT2D eigenvalue weighted by molar-refractivity contribution is -0.127. The molecule has 1 aromatic heterocycles. The Kier molecular flexibility index (Phi) is 5.08. The third kappa shape index (κ3) is 4.14. The average molecular weight is 305 g/mol. The number of thiophene rings is 1. The van der Waals surface area contributed by atoms with Crippen molar-refractivity contribution in [3.63, 3.8) is 0 Å². The highest BCUT2D eigenvalue weighted by Crippen LogP contribution is 2.22. The van der Waals surface area contributed by atoms with Crippen molar-refractivity contribution in [1.82, 2.24) is 0 Å². The Hall–Kier alpha value is -2.18. The van der Waals surface area contributed by atoms with Crippen LogP contribution in [-0.4, -0.2) is 23.1 Å². The summed E-state index contributed by atoms with van der Waals surface area (Å²) in [4.78, 5) is 23.1. The maximum Gasteiger partial charge on any atom is 0.348 e. The normalized spacial score (nSPS) is 11.9. The van der Waals surface area contributed by atoms with E-state index in [9.17, 15) is 9.59 Å². The van der Waals surface area contributed by atoms with Crippen molar-refractivity contribution in [2.45, 2.75) is 19.6 Å². The minimum absolute atomic E-state index is 0.110. The number of nitrogens with one attached hydrogen (secondary N) is 1. The van der Waals surface area contributed by atoms with Gasteiger partial charge in [-0.3, -0.25) is 4.79 Å². The van der Waals surface area contributed by atoms with Crippen LogP contribution in [0.15, 0.2) is 41.8 Å². The summed E-state index contributed by atoms with van der Waals surface area (Å²) in [5.74, 6) is -1.43. The second kappa shape index (κ2) is 7.01. The van der Waals surface area contributed by atoms with Gasteiger partial charge in [-0.25, -0.2) is 4.79 Å². The Morgan fingerprint density at radius 2 is 2.00 bits per heavy atom. The molecule has 0 aliphatic rings. The molecule has 21 heavy (non-hydrogen) atoms. The number of benzene rings is 1. The van der Waals surface area contributed by atoms with Crippen LogP contribution < -0.4 is 5.32 Å². The second-order valence-corrected chi connectivity index (χ2v) is 5.31. The highest BCUT2D eigenvalue weighted by Gasteiger charge is 2.18. The molecule has 0 bridgehead atoms. The number of anilines is 1. The molecule has 1 atom stereocenters. The summed E-state index contributed by atoms with van der Waals surface area (Å²) in [6.45, 7) is 1.95. The summed E-state index contributed by atoms with van der Waals surface area (Å²) in [7, 11) is 0. The minimum atomic E-state index is -1.06. The van der Waals surface area contributed by atoms with Crippen molar-refractivity contribution in [2.24, 2.45) is 0 Å². The maximum atomic E-state index is 12.0. The largest absolute Gasteiger partial charge is 0.477 e. The summed E-state index contributed by atoms with van der Waals surface area (Å²) >= 11 is 1.07. The van der Waals surface area contributed by atoms with Crippen molar-refractivity contribution < 1.29 is 19.4 Å². The Morgan fingerprint density at radius 1 is 1.29 bits per heavy atom. The molecular formula is C15H15NO4S. The molecular weight excluding hydrogens is 290 g/mol. The van der Waals surface area contributed by atoms with Gasteiger partial charge in [-0.05, 0) is 23.9 Å². The first kappa shape index (κ1) is 15.2. The molecule has 110 valence electrons. The Balaban J connectivity index is 1.90. The molecule has 2 N–H and O–H groups in total. The number of carboxylic acids is 1. The van der Waals surface area contributed by atoms with E-state index in [-0.39, 0.29) is 10.8 Å². The van der Waals surface area contributed by atoms with Gasteiger partial charge in [0.05, 0.1) is 12.3 Å². The van der Waals surface area contributed by atoms with Crippen LogP contribution in [-0.2, 0) is 16.1 Å². The van der Waals surface area contributed by atoms with Gasteiger partial charge in [-0.15, -0.1) is 11.3 Å². The molecule has 0 spiro atoms. The molecule has 1 unspecified atom stereocenters. The monoisotopic (exact) mass is 305 g/mol. The molecule has 6 heteroatoms. The number of amides is 1. The van der Waals surface area contributed by atoms with E-state index >= 15 is 0 Å². The molecule has 0 aliphatic heterocycles. The lowest BCUT2D eigenvalue weighted by atomic mass is 10.2. The molecule has 2 aromatic rings. The fourth-order valence-electron chi connectivity index (χ4n) is 1.68. The van der Waals surface area contributed by atoms with Gasteiger partial charge in [0.1, 0.15) is 11.0 Å². The Labute approximate surface area is 126 Å². The van der Waals surface area contributed by atoms with Gasteiger partial charge in [-0.1, -0.05) is 30.3 Å². The zero-order chi connectivity index (χ0) is 15.2. The van der Waals surface area contributed by atoms with Gasteiger partial charge in [0.2, 0.25) is 0 Å². The molecule has 2 rings (SSSR count). The fraction of sp³-hybridized carbons (Fsp3) is 0.200. The number of rotatable bonds is 6. The highest BCUT2D eigenvalue weighted by atomic mass is 32.1. The van der Waals surface area contributed by atoms with Crippen LogP contribution in [0.3, 0.4) is 0 Å². The number of carboxylic acid groups (broad SMARTS) is 1. The van der Waals surface area contributed by atoms with Crippen LogP contribution in [0.2, 0.25) is 0 Å². The molecule has 0 radical (unpaired) electrons. The third-order valence-corrected chi connectivity index (χ3v) is 3.73. The van der Waals surface area contributed by atoms with Crippen molar-refractivity contribution >= 4 is 28.9 Å². The molecule has 1 heterocycles. The van der Waals surface area contributed by atoms with E-state index in [1.807, 2.05) is 30.3 Å². The fourth-order valence-corrected chi connectivity index (χ4v) is 2.37. The standard InChI is InChI=1S/C15H15NO4S/c1-10(20-9-11-5-3-2-4-6-11)14(17)16-12-7-8-21-13(12)15(18)19/h2-8,10H,9H2,1H3,(H,16,17)(H,18,19). The molecule has 0 aliphatic carbocycles. The summed E-state index contributed by atoms with van der Waals surface area (Å²) in [6, 6.07) is 11.1. The first-order valence-electron chi connectivity index (χ1n) is 6.35. The van der Waals surface area contributed by atoms with Gasteiger partial charge >= 0.3 is 5.97 Å². The summed E-state index contributed by atoms with van der Waals surface area (Å²) in [5, 5.41) is 13.2. The lowest BCUT2D eigenvalue weighted by Gasteiger charge is -2.13. The van der Waals surface area contributed by atoms with E-state index in [0.29, 0.717) is 12.3 Å². The third-order valence-electron chi connectivity index (χ3n) is 2.83. The Bertz CT molecular complexity index is 624. The van der Waals surface area contributed by atoms with Gasteiger partial charge < -0.3 is 15.2 Å². The summed E-state index contributed by atoms with van der Waals surface area (Å²) in [5.41, 5.74) is 1.27. The smallest absolute Gasteiger partial charge is 0.348 e. The van der Waals surface area contributed by atoms with E-state index < -0.39 is 12.1 Å². The lowest BCUT2D eigenvalue weighted by Crippen LogP contribution is -2.28. The number of hydrogen-bond acceptors (Lipinski definition) is 4. The zero-order valence-corrected chi connectivity index (χ0v) is 12.2. The van der Waals surface area contributed by atoms with Crippen LogP contribution in [0.25, 0.3) is 0 Å². The van der Waals surface area contributed by atoms with E-state index in [1.54, 1.807) is 18.4 Å². The number of carbonyl (C=O) groups is 2. The van der Waals surface area contributed by atoms with E-state index in [4.69, 9.17) is 9.84 Å². The SMILES string of the molecule is CC(OCc1ccccc1)C(=O)Nc1ccsc1C(=O)O. The van der Waals surface area contributed by atoms with Gasteiger partial charge in [-0.2, -0.15) is 0 Å². The zero-order valence-electron chi connectivity index (χ0n) is 11.4. The van der Waals surface area contributed by atoms with Crippen LogP contribution in [0.4, 0.5) is 5.69 Å². The van der Waals surface area contributed by atoms with Crippen molar-refractivity contribution in [1.29, 1.82) is 0 Å². The van der Waals surface area contributed by atoms with Gasteiger partial charge in [0.25, 0.3) is 5.91 Å². The number of carbonyl (C=O) groups excluding carboxylic acids is 1. The van der Waals surface area contributed by atoms with Crippen molar-refractivity contribution in [3.8, 4) is 0 Å². The maximum absolute atomic E-state index is 12.0. The second-order valence-electron chi connectivity index (χ2n) is 4.40. The Morgan fingerprint density at radius 3 is 2.67 bits per heavy atom. The van der Waals surface area contributed by atoms with E-state index in [2.05, 4.69) is 5.32 Å². The summed E-state index contributed by atoms with van der Waals surface area (Å²) < 4.78 is 5.48. The molecule has 5 nitrogen and oxygen atoms in total. The quantitative estimate of drug-likeness (QED) is 0.860. The predicted octanol–water partition coefficient (Wildman–Crippen LogP) is 2.99. The van der Waals surface area contributed by atoms with Crippen molar-refractivity contribution in [3.05, 3.63) is 52.2 Å². The minimum Gasteiger partial charge on any atom is -0.477 e. The number of ether oxygens (including phenoxy) is 1. The molecule has 0 saturated carbocycles. The molecule has 0 fully saturated rings. The van der Waals surface area contributed by atoms with Gasteiger partial charge in [0, 0.05) is 0 Å². The van der Waals surface area contributed by atoms with E-state index in [0.717, 1.165) is 16.9 Å². The van der Waals surface area contributed by atoms with Crippen LogP contribution >= 0.6 is 11.3 Å². The number of hydrogen-bond donors (Lipinski definition) is 2. The molecule has 1 amide bonds. The topological polar surface area (TPSA) is 75.6 Å². The van der Waals surface area contributed by atoms with Crippen LogP contribution in [0.5, 0.6) is 0 Å². The first-order valence-corrected chi connectivity index (χ1v) is 7.23. The number of aromatic carboxylic acids is 1. The molecule has 0 saturated heterocycles. The predicted molar refractivity (Wildman–Crippen MR) is 80.6 cm³/mol. The average Bonchev–Trinajstić information content (AvgIpc) is 2.94. The van der Waals surface area contributed by atoms with Crippen LogP contribution in [0.1, 0.15) is 22.2 Å². The van der Waals surface area contributed by atoms with E-state index in [1.165, 1.54) is 0 Å². The van der Waals surface area contributed by atoms with Crippen LogP contribution in [0, 0.1) is 0 Å². The first-order chi connectivity index (χ1) is 10.1. The summed E-state index contributed by atoms with van der Waals surface area (Å²) in [6.07, 6.45) is -0.674. The highest BCUT2D eigenvalue weighted by molar-refractivity contribution is 7.12.